The highest BCUT2D eigenvalue weighted by molar-refractivity contribution is 7.89. The molecule has 3 aromatic rings. The van der Waals surface area contributed by atoms with Crippen molar-refractivity contribution in [3.8, 4) is 0 Å². The summed E-state index contributed by atoms with van der Waals surface area (Å²) in [5, 5.41) is 7.11. The minimum atomic E-state index is -3.60. The molecular weight excluding hydrogens is 402 g/mol. The quantitative estimate of drug-likeness (QED) is 0.596. The second-order valence-corrected chi connectivity index (χ2v) is 9.19. The number of hydrogen-bond donors (Lipinski definition) is 1. The van der Waals surface area contributed by atoms with Crippen LogP contribution in [0.1, 0.15) is 35.8 Å². The maximum absolute atomic E-state index is 12.8. The van der Waals surface area contributed by atoms with Gasteiger partial charge in [0.15, 0.2) is 0 Å². The molecule has 0 saturated carbocycles. The molecule has 0 aliphatic carbocycles. The van der Waals surface area contributed by atoms with Gasteiger partial charge in [0, 0.05) is 18.7 Å². The molecule has 1 aromatic heterocycles. The monoisotopic (exact) mass is 427 g/mol. The number of benzene rings is 2. The lowest BCUT2D eigenvalue weighted by atomic mass is 10.1. The average Bonchev–Trinajstić information content (AvgIpc) is 3.26. The molecule has 0 aliphatic rings. The average molecular weight is 428 g/mol. The Bertz CT molecular complexity index is 1070. The zero-order chi connectivity index (χ0) is 21.7. The van der Waals surface area contributed by atoms with Gasteiger partial charge < -0.3 is 5.32 Å². The van der Waals surface area contributed by atoms with E-state index >= 15 is 0 Å². The van der Waals surface area contributed by atoms with Gasteiger partial charge in [-0.05, 0) is 43.7 Å². The molecule has 0 saturated heterocycles. The third kappa shape index (κ3) is 4.92. The van der Waals surface area contributed by atoms with E-state index in [9.17, 15) is 13.2 Å². The molecule has 2 aromatic carbocycles. The normalized spacial score (nSPS) is 12.8. The van der Waals surface area contributed by atoms with Crippen LogP contribution in [0.25, 0.3) is 0 Å². The molecule has 8 nitrogen and oxygen atoms in total. The summed E-state index contributed by atoms with van der Waals surface area (Å²) in [6.45, 7) is 4.03. The molecule has 30 heavy (non-hydrogen) atoms. The van der Waals surface area contributed by atoms with Crippen LogP contribution in [0.2, 0.25) is 0 Å². The van der Waals surface area contributed by atoms with Crippen LogP contribution in [0, 0.1) is 0 Å². The molecule has 158 valence electrons. The predicted molar refractivity (Wildman–Crippen MR) is 113 cm³/mol. The minimum Gasteiger partial charge on any atom is -0.343 e. The molecule has 0 fully saturated rings. The lowest BCUT2D eigenvalue weighted by Crippen LogP contribution is -2.33. The number of carbonyl (C=O) groups excluding carboxylic acids is 1. The van der Waals surface area contributed by atoms with Gasteiger partial charge >= 0.3 is 0 Å². The van der Waals surface area contributed by atoms with Crippen molar-refractivity contribution in [1.29, 1.82) is 0 Å². The van der Waals surface area contributed by atoms with Crippen molar-refractivity contribution in [3.05, 3.63) is 78.4 Å². The van der Waals surface area contributed by atoms with Crippen LogP contribution >= 0.6 is 0 Å². The van der Waals surface area contributed by atoms with Crippen LogP contribution < -0.4 is 5.32 Å². The van der Waals surface area contributed by atoms with Gasteiger partial charge in [-0.2, -0.15) is 9.40 Å². The van der Waals surface area contributed by atoms with Crippen LogP contribution in [0.5, 0.6) is 0 Å². The standard InChI is InChI=1S/C21H25N5O3S/c1-16(2)25(3)30(28,29)19-11-9-18(10-12-19)21(27)24-20(13-26-15-22-14-23-26)17-7-5-4-6-8-17/h4-12,14-16,20H,13H2,1-3H3,(H,24,27). The third-order valence-corrected chi connectivity index (χ3v) is 6.91. The highest BCUT2D eigenvalue weighted by Crippen LogP contribution is 2.19. The Morgan fingerprint density at radius 1 is 1.10 bits per heavy atom. The van der Waals surface area contributed by atoms with Crippen molar-refractivity contribution in [2.75, 3.05) is 7.05 Å². The van der Waals surface area contributed by atoms with Crippen LogP contribution in [-0.4, -0.2) is 46.5 Å². The summed E-state index contributed by atoms with van der Waals surface area (Å²) in [5.41, 5.74) is 1.31. The summed E-state index contributed by atoms with van der Waals surface area (Å²) >= 11 is 0. The lowest BCUT2D eigenvalue weighted by molar-refractivity contribution is 0.0931. The Balaban J connectivity index is 1.79. The molecule has 3 rings (SSSR count). The van der Waals surface area contributed by atoms with Crippen molar-refractivity contribution in [2.24, 2.45) is 0 Å². The fourth-order valence-electron chi connectivity index (χ4n) is 2.90. The first-order chi connectivity index (χ1) is 14.3. The Labute approximate surface area is 176 Å². The number of carbonyl (C=O) groups is 1. The second kappa shape index (κ2) is 9.19. The molecule has 0 spiro atoms. The number of nitrogens with one attached hydrogen (secondary N) is 1. The van der Waals surface area contributed by atoms with Gasteiger partial charge in [-0.3, -0.25) is 9.48 Å². The molecule has 9 heteroatoms. The number of rotatable bonds is 8. The molecule has 0 radical (unpaired) electrons. The maximum Gasteiger partial charge on any atom is 0.251 e. The number of hydrogen-bond acceptors (Lipinski definition) is 5. The SMILES string of the molecule is CC(C)N(C)S(=O)(=O)c1ccc(C(=O)NC(Cn2cncn2)c2ccccc2)cc1. The fourth-order valence-corrected chi connectivity index (χ4v) is 4.27. The lowest BCUT2D eigenvalue weighted by Gasteiger charge is -2.21. The van der Waals surface area contributed by atoms with Gasteiger partial charge in [-0.15, -0.1) is 0 Å². The van der Waals surface area contributed by atoms with Gasteiger partial charge in [0.25, 0.3) is 5.91 Å². The molecule has 1 unspecified atom stereocenters. The first-order valence-electron chi connectivity index (χ1n) is 9.55. The number of nitrogens with zero attached hydrogens (tertiary/aromatic N) is 4. The van der Waals surface area contributed by atoms with E-state index in [-0.39, 0.29) is 22.9 Å². The highest BCUT2D eigenvalue weighted by atomic mass is 32.2. The van der Waals surface area contributed by atoms with E-state index in [1.807, 2.05) is 30.3 Å². The van der Waals surface area contributed by atoms with Crippen LogP contribution in [0.15, 0.2) is 72.1 Å². The van der Waals surface area contributed by atoms with Crippen LogP contribution in [-0.2, 0) is 16.6 Å². The number of aromatic nitrogens is 3. The van der Waals surface area contributed by atoms with Crippen molar-refractivity contribution in [1.82, 2.24) is 24.4 Å². The van der Waals surface area contributed by atoms with Gasteiger partial charge in [-0.1, -0.05) is 30.3 Å². The van der Waals surface area contributed by atoms with Gasteiger partial charge in [0.2, 0.25) is 10.0 Å². The van der Waals surface area contributed by atoms with E-state index in [1.165, 1.54) is 41.9 Å². The summed E-state index contributed by atoms with van der Waals surface area (Å²) in [6, 6.07) is 15.0. The van der Waals surface area contributed by atoms with Crippen LogP contribution in [0.4, 0.5) is 0 Å². The van der Waals surface area contributed by atoms with Gasteiger partial charge in [0.05, 0.1) is 17.5 Å². The van der Waals surface area contributed by atoms with Crippen molar-refractivity contribution < 1.29 is 13.2 Å². The second-order valence-electron chi connectivity index (χ2n) is 7.19. The smallest absolute Gasteiger partial charge is 0.251 e. The summed E-state index contributed by atoms with van der Waals surface area (Å²) < 4.78 is 28.2. The maximum atomic E-state index is 12.8. The number of sulfonamides is 1. The molecule has 1 amide bonds. The molecule has 1 atom stereocenters. The predicted octanol–water partition coefficient (Wildman–Crippen LogP) is 2.48. The third-order valence-electron chi connectivity index (χ3n) is 4.86. The van der Waals surface area contributed by atoms with E-state index in [4.69, 9.17) is 0 Å². The van der Waals surface area contributed by atoms with Crippen molar-refractivity contribution in [3.63, 3.8) is 0 Å². The van der Waals surface area contributed by atoms with E-state index < -0.39 is 10.0 Å². The molecule has 0 aliphatic heterocycles. The summed E-state index contributed by atoms with van der Waals surface area (Å²) in [6.07, 6.45) is 3.03. The first kappa shape index (κ1) is 21.7. The number of amides is 1. The van der Waals surface area contributed by atoms with E-state index in [2.05, 4.69) is 15.4 Å². The molecule has 1 heterocycles. The van der Waals surface area contributed by atoms with E-state index in [0.29, 0.717) is 12.1 Å². The Hall–Kier alpha value is -3.04. The topological polar surface area (TPSA) is 97.2 Å². The summed E-state index contributed by atoms with van der Waals surface area (Å²) in [7, 11) is -2.06. The largest absolute Gasteiger partial charge is 0.343 e. The Morgan fingerprint density at radius 2 is 1.77 bits per heavy atom. The minimum absolute atomic E-state index is 0.150. The first-order valence-corrected chi connectivity index (χ1v) is 11.0. The molecule has 1 N–H and O–H groups in total. The molecular formula is C21H25N5O3S. The Kier molecular flexibility index (Phi) is 6.63. The van der Waals surface area contributed by atoms with Crippen molar-refractivity contribution >= 4 is 15.9 Å². The molecule has 0 bridgehead atoms. The zero-order valence-electron chi connectivity index (χ0n) is 17.1. The zero-order valence-corrected chi connectivity index (χ0v) is 18.0. The highest BCUT2D eigenvalue weighted by Gasteiger charge is 2.23. The summed E-state index contributed by atoms with van der Waals surface area (Å²) in [5.74, 6) is -0.301. The Morgan fingerprint density at radius 3 is 2.33 bits per heavy atom. The van der Waals surface area contributed by atoms with E-state index in [0.717, 1.165) is 5.56 Å². The summed E-state index contributed by atoms with van der Waals surface area (Å²) in [4.78, 5) is 16.9. The van der Waals surface area contributed by atoms with Crippen molar-refractivity contribution in [2.45, 2.75) is 37.4 Å². The van der Waals surface area contributed by atoms with Gasteiger partial charge in [0.1, 0.15) is 12.7 Å². The van der Waals surface area contributed by atoms with Crippen LogP contribution in [0.3, 0.4) is 0 Å². The fraction of sp³-hybridized carbons (Fsp3) is 0.286. The van der Waals surface area contributed by atoms with E-state index in [1.54, 1.807) is 24.9 Å². The van der Waals surface area contributed by atoms with Gasteiger partial charge in [-0.25, -0.2) is 13.4 Å².